The molecule has 0 aromatic heterocycles. The monoisotopic (exact) mass is 454 g/mol. The molecule has 4 rings (SSSR count). The maximum absolute atomic E-state index is 13.1. The van der Waals surface area contributed by atoms with E-state index < -0.39 is 23.8 Å². The van der Waals surface area contributed by atoms with Crippen LogP contribution >= 0.6 is 0 Å². The van der Waals surface area contributed by atoms with Gasteiger partial charge in [0.1, 0.15) is 11.8 Å². The van der Waals surface area contributed by atoms with Crippen molar-refractivity contribution in [2.45, 2.75) is 89.5 Å². The molecule has 1 aromatic carbocycles. The topological polar surface area (TPSA) is 92.8 Å². The number of fused-ring (bicyclic) bond motifs is 1. The Morgan fingerprint density at radius 2 is 1.64 bits per heavy atom. The van der Waals surface area contributed by atoms with E-state index in [-0.39, 0.29) is 29.9 Å². The van der Waals surface area contributed by atoms with E-state index in [1.807, 2.05) is 0 Å². The van der Waals surface area contributed by atoms with Gasteiger partial charge in [0, 0.05) is 6.42 Å². The molecule has 178 valence electrons. The van der Waals surface area contributed by atoms with E-state index in [0.29, 0.717) is 12.4 Å². The Morgan fingerprint density at radius 1 is 0.879 bits per heavy atom. The fourth-order valence-electron chi connectivity index (χ4n) is 5.33. The van der Waals surface area contributed by atoms with Crippen LogP contribution in [0.3, 0.4) is 0 Å². The average Bonchev–Trinajstić information content (AvgIpc) is 3.07. The number of nitrogens with one attached hydrogen (secondary N) is 1. The molecule has 4 amide bonds. The predicted molar refractivity (Wildman–Crippen MR) is 123 cm³/mol. The highest BCUT2D eigenvalue weighted by molar-refractivity contribution is 6.24. The lowest BCUT2D eigenvalue weighted by Crippen LogP contribution is -2.54. The van der Waals surface area contributed by atoms with E-state index in [9.17, 15) is 19.2 Å². The third-order valence-corrected chi connectivity index (χ3v) is 7.17. The minimum absolute atomic E-state index is 0.105. The van der Waals surface area contributed by atoms with Gasteiger partial charge in [-0.25, -0.2) is 0 Å². The first kappa shape index (κ1) is 23.5. The Balaban J connectivity index is 1.24. The summed E-state index contributed by atoms with van der Waals surface area (Å²) < 4.78 is 5.89. The third kappa shape index (κ3) is 5.45. The van der Waals surface area contributed by atoms with Gasteiger partial charge in [0.25, 0.3) is 11.8 Å². The number of carbonyl (C=O) groups excluding carboxylic acids is 4. The van der Waals surface area contributed by atoms with Crippen molar-refractivity contribution in [3.8, 4) is 5.75 Å². The third-order valence-electron chi connectivity index (χ3n) is 7.17. The summed E-state index contributed by atoms with van der Waals surface area (Å²) in [7, 11) is 0. The normalized spacial score (nSPS) is 21.3. The zero-order valence-electron chi connectivity index (χ0n) is 19.3. The first-order valence-electron chi connectivity index (χ1n) is 12.5. The molecule has 1 N–H and O–H groups in total. The summed E-state index contributed by atoms with van der Waals surface area (Å²) in [4.78, 5) is 50.5. The van der Waals surface area contributed by atoms with Crippen LogP contribution in [0.1, 0.15) is 104 Å². The van der Waals surface area contributed by atoms with Crippen molar-refractivity contribution >= 4 is 23.6 Å². The fourth-order valence-corrected chi connectivity index (χ4v) is 5.33. The number of piperidine rings is 1. The Morgan fingerprint density at radius 3 is 2.42 bits per heavy atom. The first-order chi connectivity index (χ1) is 16.1. The molecule has 2 aliphatic heterocycles. The van der Waals surface area contributed by atoms with Gasteiger partial charge in [-0.2, -0.15) is 0 Å². The van der Waals surface area contributed by atoms with Gasteiger partial charge in [0.05, 0.1) is 17.7 Å². The Labute approximate surface area is 195 Å². The molecular weight excluding hydrogens is 420 g/mol. The van der Waals surface area contributed by atoms with Gasteiger partial charge in [0.15, 0.2) is 0 Å². The second kappa shape index (κ2) is 10.9. The molecule has 1 unspecified atom stereocenters. The smallest absolute Gasteiger partial charge is 0.266 e. The summed E-state index contributed by atoms with van der Waals surface area (Å²) in [5.74, 6) is -0.687. The zero-order valence-corrected chi connectivity index (χ0v) is 19.3. The molecule has 1 saturated heterocycles. The van der Waals surface area contributed by atoms with Crippen LogP contribution in [0, 0.1) is 5.92 Å². The van der Waals surface area contributed by atoms with E-state index in [2.05, 4.69) is 5.32 Å². The van der Waals surface area contributed by atoms with Gasteiger partial charge in [-0.15, -0.1) is 0 Å². The molecule has 2 heterocycles. The van der Waals surface area contributed by atoms with Crippen molar-refractivity contribution in [1.82, 2.24) is 10.2 Å². The number of ether oxygens (including phenoxy) is 1. The first-order valence-corrected chi connectivity index (χ1v) is 12.5. The quantitative estimate of drug-likeness (QED) is 0.418. The molecule has 1 atom stereocenters. The fraction of sp³-hybridized carbons (Fsp3) is 0.615. The van der Waals surface area contributed by atoms with Crippen LogP contribution in [0.15, 0.2) is 18.2 Å². The van der Waals surface area contributed by atoms with Crippen molar-refractivity contribution in [3.05, 3.63) is 29.3 Å². The van der Waals surface area contributed by atoms with Crippen LogP contribution in [0.4, 0.5) is 0 Å². The molecule has 0 radical (unpaired) electrons. The second-order valence-corrected chi connectivity index (χ2v) is 9.53. The van der Waals surface area contributed by atoms with E-state index in [1.165, 1.54) is 57.8 Å². The van der Waals surface area contributed by atoms with E-state index in [4.69, 9.17) is 4.74 Å². The molecule has 33 heavy (non-hydrogen) atoms. The summed E-state index contributed by atoms with van der Waals surface area (Å²) in [6.45, 7) is 0.485. The summed E-state index contributed by atoms with van der Waals surface area (Å²) in [6.07, 6.45) is 14.4. The highest BCUT2D eigenvalue weighted by Crippen LogP contribution is 2.34. The lowest BCUT2D eigenvalue weighted by molar-refractivity contribution is -0.136. The minimum Gasteiger partial charge on any atom is -0.493 e. The van der Waals surface area contributed by atoms with Crippen molar-refractivity contribution in [3.63, 3.8) is 0 Å². The van der Waals surface area contributed by atoms with E-state index in [0.717, 1.165) is 23.7 Å². The molecule has 1 saturated carbocycles. The van der Waals surface area contributed by atoms with Crippen molar-refractivity contribution in [2.75, 3.05) is 6.61 Å². The molecule has 0 spiro atoms. The number of amides is 4. The molecular formula is C26H34N2O5. The SMILES string of the molecule is O=C1CCC(N2C(=O)c3cccc(OCCCCCCCC4CCCCC4)c3C2=O)C(=O)N1. The van der Waals surface area contributed by atoms with Crippen LogP contribution in [-0.4, -0.2) is 41.2 Å². The number of hydrogen-bond acceptors (Lipinski definition) is 5. The van der Waals surface area contributed by atoms with Crippen molar-refractivity contribution in [1.29, 1.82) is 0 Å². The van der Waals surface area contributed by atoms with Gasteiger partial charge in [0.2, 0.25) is 11.8 Å². The maximum Gasteiger partial charge on any atom is 0.266 e. The van der Waals surface area contributed by atoms with Crippen LogP contribution in [0.25, 0.3) is 0 Å². The van der Waals surface area contributed by atoms with Crippen LogP contribution in [-0.2, 0) is 9.59 Å². The standard InChI is InChI=1S/C26H34N2O5/c29-22-16-15-20(24(30)27-22)28-25(31)19-13-9-14-21(23(19)26(28)32)33-17-8-3-1-2-5-10-18-11-6-4-7-12-18/h9,13-14,18,20H,1-8,10-12,15-17H2,(H,27,29,30). The van der Waals surface area contributed by atoms with Gasteiger partial charge < -0.3 is 4.74 Å². The Bertz CT molecular complexity index is 906. The van der Waals surface area contributed by atoms with Gasteiger partial charge in [-0.3, -0.25) is 29.4 Å². The molecule has 1 aromatic rings. The van der Waals surface area contributed by atoms with E-state index >= 15 is 0 Å². The molecule has 2 fully saturated rings. The number of carbonyl (C=O) groups is 4. The van der Waals surface area contributed by atoms with Crippen LogP contribution in [0.5, 0.6) is 5.75 Å². The number of unbranched alkanes of at least 4 members (excludes halogenated alkanes) is 4. The van der Waals surface area contributed by atoms with Crippen LogP contribution in [0.2, 0.25) is 0 Å². The molecule has 7 heteroatoms. The predicted octanol–water partition coefficient (Wildman–Crippen LogP) is 4.39. The Hall–Kier alpha value is -2.70. The zero-order chi connectivity index (χ0) is 23.2. The lowest BCUT2D eigenvalue weighted by Gasteiger charge is -2.27. The molecule has 7 nitrogen and oxygen atoms in total. The van der Waals surface area contributed by atoms with Gasteiger partial charge in [-0.1, -0.05) is 70.3 Å². The van der Waals surface area contributed by atoms with Gasteiger partial charge in [-0.05, 0) is 30.9 Å². The number of benzene rings is 1. The number of hydrogen-bond donors (Lipinski definition) is 1. The lowest BCUT2D eigenvalue weighted by atomic mass is 9.85. The van der Waals surface area contributed by atoms with Gasteiger partial charge >= 0.3 is 0 Å². The van der Waals surface area contributed by atoms with Crippen molar-refractivity contribution < 1.29 is 23.9 Å². The second-order valence-electron chi connectivity index (χ2n) is 9.53. The van der Waals surface area contributed by atoms with Crippen molar-refractivity contribution in [2.24, 2.45) is 5.92 Å². The number of nitrogens with zero attached hydrogens (tertiary/aromatic N) is 1. The minimum atomic E-state index is -0.962. The number of rotatable bonds is 10. The Kier molecular flexibility index (Phi) is 7.78. The number of imide groups is 2. The molecule has 3 aliphatic rings. The summed E-state index contributed by atoms with van der Waals surface area (Å²) in [5, 5.41) is 2.21. The summed E-state index contributed by atoms with van der Waals surface area (Å²) in [6, 6.07) is 4.01. The largest absolute Gasteiger partial charge is 0.493 e. The molecule has 0 bridgehead atoms. The highest BCUT2D eigenvalue weighted by Gasteiger charge is 2.45. The average molecular weight is 455 g/mol. The summed E-state index contributed by atoms with van der Waals surface area (Å²) in [5.41, 5.74) is 0.476. The van der Waals surface area contributed by atoms with E-state index in [1.54, 1.807) is 18.2 Å². The highest BCUT2D eigenvalue weighted by atomic mass is 16.5. The molecule has 1 aliphatic carbocycles. The maximum atomic E-state index is 13.1. The van der Waals surface area contributed by atoms with Crippen LogP contribution < -0.4 is 10.1 Å². The summed E-state index contributed by atoms with van der Waals surface area (Å²) >= 11 is 0.